The number of hydrogen-bond donors (Lipinski definition) is 2. The number of phenolic OH excluding ortho intramolecular Hbond substituents is 1. The zero-order valence-corrected chi connectivity index (χ0v) is 10.8. The first-order chi connectivity index (χ1) is 9.16. The van der Waals surface area contributed by atoms with Gasteiger partial charge in [-0.3, -0.25) is 9.59 Å². The lowest BCUT2D eigenvalue weighted by atomic mass is 10.2. The molecule has 102 valence electrons. The van der Waals surface area contributed by atoms with Gasteiger partial charge in [0.25, 0.3) is 5.91 Å². The molecule has 5 nitrogen and oxygen atoms in total. The number of nitrogens with zero attached hydrogens (tertiary/aromatic N) is 1. The number of aromatic hydroxyl groups is 1. The van der Waals surface area contributed by atoms with Gasteiger partial charge in [-0.2, -0.15) is 0 Å². The Hall–Kier alpha value is -2.04. The van der Waals surface area contributed by atoms with Crippen LogP contribution in [0, 0.1) is 0 Å². The van der Waals surface area contributed by atoms with Crippen molar-refractivity contribution in [3.05, 3.63) is 29.8 Å². The molecule has 1 aromatic rings. The normalized spacial score (nSPS) is 14.4. The Morgan fingerprint density at radius 1 is 1.16 bits per heavy atom. The summed E-state index contributed by atoms with van der Waals surface area (Å²) >= 11 is 0. The molecule has 1 saturated heterocycles. The molecule has 0 saturated carbocycles. The largest absolute Gasteiger partial charge is 0.508 e. The monoisotopic (exact) mass is 262 g/mol. The maximum atomic E-state index is 11.7. The van der Waals surface area contributed by atoms with Crippen LogP contribution in [0.2, 0.25) is 0 Å². The maximum absolute atomic E-state index is 11.7. The van der Waals surface area contributed by atoms with Crippen LogP contribution in [0.4, 0.5) is 0 Å². The number of nitrogens with one attached hydrogen (secondary N) is 1. The standard InChI is InChI=1S/C14H18N2O3/c17-12-5-3-11(4-6-12)14(19)15-8-7-13(18)16-9-1-2-10-16/h3-6,17H,1-2,7-10H2,(H,15,19). The predicted octanol–water partition coefficient (Wildman–Crippen LogP) is 1.13. The first kappa shape index (κ1) is 13.4. The van der Waals surface area contributed by atoms with Crippen molar-refractivity contribution in [1.82, 2.24) is 10.2 Å². The SMILES string of the molecule is O=C(NCCC(=O)N1CCCC1)c1ccc(O)cc1. The second-order valence-corrected chi connectivity index (χ2v) is 4.64. The lowest BCUT2D eigenvalue weighted by Crippen LogP contribution is -2.32. The molecule has 1 heterocycles. The van der Waals surface area contributed by atoms with Gasteiger partial charge in [0.2, 0.25) is 5.91 Å². The fourth-order valence-electron chi connectivity index (χ4n) is 2.12. The van der Waals surface area contributed by atoms with Gasteiger partial charge in [-0.15, -0.1) is 0 Å². The Morgan fingerprint density at radius 3 is 2.42 bits per heavy atom. The minimum Gasteiger partial charge on any atom is -0.508 e. The summed E-state index contributed by atoms with van der Waals surface area (Å²) in [6.07, 6.45) is 2.49. The number of benzene rings is 1. The molecule has 2 N–H and O–H groups in total. The van der Waals surface area contributed by atoms with E-state index in [1.165, 1.54) is 12.1 Å². The Labute approximate surface area is 112 Å². The highest BCUT2D eigenvalue weighted by Gasteiger charge is 2.17. The summed E-state index contributed by atoms with van der Waals surface area (Å²) in [6, 6.07) is 6.02. The van der Waals surface area contributed by atoms with Crippen molar-refractivity contribution in [2.75, 3.05) is 19.6 Å². The van der Waals surface area contributed by atoms with Gasteiger partial charge in [0.15, 0.2) is 0 Å². The molecule has 0 aromatic heterocycles. The molecule has 0 atom stereocenters. The Kier molecular flexibility index (Phi) is 4.39. The Balaban J connectivity index is 1.74. The van der Waals surface area contributed by atoms with E-state index in [1.54, 1.807) is 12.1 Å². The van der Waals surface area contributed by atoms with Gasteiger partial charge in [0.1, 0.15) is 5.75 Å². The third kappa shape index (κ3) is 3.71. The fourth-order valence-corrected chi connectivity index (χ4v) is 2.12. The van der Waals surface area contributed by atoms with Gasteiger partial charge >= 0.3 is 0 Å². The number of amides is 2. The van der Waals surface area contributed by atoms with Gasteiger partial charge in [-0.1, -0.05) is 0 Å². The zero-order chi connectivity index (χ0) is 13.7. The third-order valence-corrected chi connectivity index (χ3v) is 3.21. The molecule has 2 rings (SSSR count). The van der Waals surface area contributed by atoms with E-state index in [9.17, 15) is 9.59 Å². The van der Waals surface area contributed by atoms with Crippen molar-refractivity contribution in [1.29, 1.82) is 0 Å². The molecule has 2 amide bonds. The summed E-state index contributed by atoms with van der Waals surface area (Å²) in [5.74, 6) is -0.00140. The summed E-state index contributed by atoms with van der Waals surface area (Å²) in [6.45, 7) is 2.02. The van der Waals surface area contributed by atoms with E-state index in [4.69, 9.17) is 5.11 Å². The molecule has 1 aliphatic heterocycles. The van der Waals surface area contributed by atoms with Crippen molar-refractivity contribution in [2.45, 2.75) is 19.3 Å². The van der Waals surface area contributed by atoms with Gasteiger partial charge < -0.3 is 15.3 Å². The topological polar surface area (TPSA) is 69.6 Å². The van der Waals surface area contributed by atoms with Crippen LogP contribution >= 0.6 is 0 Å². The van der Waals surface area contributed by atoms with E-state index in [1.807, 2.05) is 4.90 Å². The second kappa shape index (κ2) is 6.22. The summed E-state index contributed by atoms with van der Waals surface area (Å²) in [5.41, 5.74) is 0.478. The van der Waals surface area contributed by atoms with Crippen LogP contribution in [0.15, 0.2) is 24.3 Å². The lowest BCUT2D eigenvalue weighted by Gasteiger charge is -2.15. The highest BCUT2D eigenvalue weighted by molar-refractivity contribution is 5.94. The van der Waals surface area contributed by atoms with E-state index in [0.29, 0.717) is 18.5 Å². The van der Waals surface area contributed by atoms with E-state index < -0.39 is 0 Å². The molecule has 0 unspecified atom stereocenters. The molecule has 0 aliphatic carbocycles. The highest BCUT2D eigenvalue weighted by atomic mass is 16.3. The smallest absolute Gasteiger partial charge is 0.251 e. The molecule has 0 radical (unpaired) electrons. The molecule has 5 heteroatoms. The summed E-state index contributed by atoms with van der Waals surface area (Å²) in [7, 11) is 0. The molecule has 1 aromatic carbocycles. The molecule has 19 heavy (non-hydrogen) atoms. The van der Waals surface area contributed by atoms with Crippen molar-refractivity contribution >= 4 is 11.8 Å². The van der Waals surface area contributed by atoms with E-state index >= 15 is 0 Å². The fraction of sp³-hybridized carbons (Fsp3) is 0.429. The van der Waals surface area contributed by atoms with Crippen LogP contribution in [0.25, 0.3) is 0 Å². The van der Waals surface area contributed by atoms with Crippen LogP contribution in [0.5, 0.6) is 5.75 Å². The molecular weight excluding hydrogens is 244 g/mol. The van der Waals surface area contributed by atoms with E-state index in [-0.39, 0.29) is 17.6 Å². The van der Waals surface area contributed by atoms with Crippen LogP contribution < -0.4 is 5.32 Å². The van der Waals surface area contributed by atoms with Crippen molar-refractivity contribution in [3.8, 4) is 5.75 Å². The van der Waals surface area contributed by atoms with Gasteiger partial charge in [-0.25, -0.2) is 0 Å². The number of carbonyl (C=O) groups is 2. The van der Waals surface area contributed by atoms with Crippen molar-refractivity contribution in [2.24, 2.45) is 0 Å². The molecule has 0 spiro atoms. The van der Waals surface area contributed by atoms with E-state index in [2.05, 4.69) is 5.32 Å². The number of hydrogen-bond acceptors (Lipinski definition) is 3. The Morgan fingerprint density at radius 2 is 1.79 bits per heavy atom. The highest BCUT2D eigenvalue weighted by Crippen LogP contribution is 2.10. The summed E-state index contributed by atoms with van der Waals surface area (Å²) < 4.78 is 0. The summed E-state index contributed by atoms with van der Waals surface area (Å²) in [5, 5.41) is 11.8. The first-order valence-corrected chi connectivity index (χ1v) is 6.52. The van der Waals surface area contributed by atoms with Crippen LogP contribution in [0.1, 0.15) is 29.6 Å². The zero-order valence-electron chi connectivity index (χ0n) is 10.8. The number of rotatable bonds is 4. The molecule has 1 aliphatic rings. The average Bonchev–Trinajstić information content (AvgIpc) is 2.93. The van der Waals surface area contributed by atoms with Crippen LogP contribution in [-0.4, -0.2) is 41.5 Å². The lowest BCUT2D eigenvalue weighted by molar-refractivity contribution is -0.129. The maximum Gasteiger partial charge on any atom is 0.251 e. The van der Waals surface area contributed by atoms with Crippen LogP contribution in [-0.2, 0) is 4.79 Å². The van der Waals surface area contributed by atoms with Gasteiger partial charge in [0.05, 0.1) is 0 Å². The number of phenols is 1. The van der Waals surface area contributed by atoms with Crippen molar-refractivity contribution < 1.29 is 14.7 Å². The number of likely N-dealkylation sites (tertiary alicyclic amines) is 1. The van der Waals surface area contributed by atoms with Gasteiger partial charge in [-0.05, 0) is 37.1 Å². The Bertz CT molecular complexity index is 450. The van der Waals surface area contributed by atoms with Gasteiger partial charge in [0, 0.05) is 31.6 Å². The quantitative estimate of drug-likeness (QED) is 0.854. The predicted molar refractivity (Wildman–Crippen MR) is 70.9 cm³/mol. The first-order valence-electron chi connectivity index (χ1n) is 6.52. The molecule has 0 bridgehead atoms. The minimum atomic E-state index is -0.228. The minimum absolute atomic E-state index is 0.100. The second-order valence-electron chi connectivity index (χ2n) is 4.64. The van der Waals surface area contributed by atoms with E-state index in [0.717, 1.165) is 25.9 Å². The summed E-state index contributed by atoms with van der Waals surface area (Å²) in [4.78, 5) is 25.3. The number of carbonyl (C=O) groups excluding carboxylic acids is 2. The molecule has 1 fully saturated rings. The molecular formula is C14H18N2O3. The van der Waals surface area contributed by atoms with Crippen molar-refractivity contribution in [3.63, 3.8) is 0 Å². The third-order valence-electron chi connectivity index (χ3n) is 3.21. The average molecular weight is 262 g/mol. The van der Waals surface area contributed by atoms with Crippen LogP contribution in [0.3, 0.4) is 0 Å².